The normalized spacial score (nSPS) is 16.3. The Morgan fingerprint density at radius 3 is 2.17 bits per heavy atom. The lowest BCUT2D eigenvalue weighted by Crippen LogP contribution is -2.50. The molecule has 1 fully saturated rings. The fourth-order valence-electron chi connectivity index (χ4n) is 3.08. The van der Waals surface area contributed by atoms with E-state index in [0.29, 0.717) is 32.6 Å². The largest absolute Gasteiger partial charge is 0.339 e. The average Bonchev–Trinajstić information content (AvgIpc) is 2.55. The molecule has 0 bridgehead atoms. The molecular formula is C18H25FN2O2. The summed E-state index contributed by atoms with van der Waals surface area (Å²) in [6.45, 7) is 6.06. The van der Waals surface area contributed by atoms with Crippen molar-refractivity contribution in [2.75, 3.05) is 26.2 Å². The molecule has 1 aromatic carbocycles. The van der Waals surface area contributed by atoms with E-state index in [4.69, 9.17) is 0 Å². The van der Waals surface area contributed by atoms with E-state index in [1.165, 1.54) is 12.1 Å². The second kappa shape index (κ2) is 8.09. The van der Waals surface area contributed by atoms with E-state index in [1.807, 2.05) is 4.90 Å². The van der Waals surface area contributed by atoms with Crippen LogP contribution in [0.5, 0.6) is 0 Å². The van der Waals surface area contributed by atoms with Crippen LogP contribution >= 0.6 is 0 Å². The van der Waals surface area contributed by atoms with Gasteiger partial charge in [-0.2, -0.15) is 0 Å². The maximum atomic E-state index is 13.1. The summed E-state index contributed by atoms with van der Waals surface area (Å²) in [5.41, 5.74) is 1.02. The standard InChI is InChI=1S/C18H25FN2O2/c1-3-4-16(15-5-7-17(19)8-6-15)13-18(23)21-11-9-20(10-12-21)14(2)22/h5-8,16H,3-4,9-13H2,1-2H3. The van der Waals surface area contributed by atoms with Gasteiger partial charge in [0.15, 0.2) is 0 Å². The van der Waals surface area contributed by atoms with Crippen LogP contribution in [0.2, 0.25) is 0 Å². The van der Waals surface area contributed by atoms with Gasteiger partial charge in [-0.1, -0.05) is 25.5 Å². The first-order valence-electron chi connectivity index (χ1n) is 8.30. The van der Waals surface area contributed by atoms with E-state index in [-0.39, 0.29) is 23.5 Å². The fraction of sp³-hybridized carbons (Fsp3) is 0.556. The number of hydrogen-bond donors (Lipinski definition) is 0. The van der Waals surface area contributed by atoms with Crippen molar-refractivity contribution in [2.24, 2.45) is 0 Å². The van der Waals surface area contributed by atoms with Crippen LogP contribution in [0.3, 0.4) is 0 Å². The summed E-state index contributed by atoms with van der Waals surface area (Å²) in [6, 6.07) is 6.45. The quantitative estimate of drug-likeness (QED) is 0.837. The molecule has 1 atom stereocenters. The number of carbonyl (C=O) groups is 2. The van der Waals surface area contributed by atoms with Crippen molar-refractivity contribution in [3.8, 4) is 0 Å². The summed E-state index contributed by atoms with van der Waals surface area (Å²) in [4.78, 5) is 27.5. The third kappa shape index (κ3) is 4.78. The lowest BCUT2D eigenvalue weighted by Gasteiger charge is -2.35. The first kappa shape index (κ1) is 17.4. The predicted molar refractivity (Wildman–Crippen MR) is 87.5 cm³/mol. The first-order valence-corrected chi connectivity index (χ1v) is 8.30. The number of benzene rings is 1. The minimum Gasteiger partial charge on any atom is -0.339 e. The van der Waals surface area contributed by atoms with Crippen molar-refractivity contribution in [3.05, 3.63) is 35.6 Å². The van der Waals surface area contributed by atoms with Crippen LogP contribution in [0.15, 0.2) is 24.3 Å². The third-order valence-corrected chi connectivity index (χ3v) is 4.48. The minimum atomic E-state index is -0.254. The van der Waals surface area contributed by atoms with Gasteiger partial charge in [0, 0.05) is 39.5 Å². The van der Waals surface area contributed by atoms with E-state index >= 15 is 0 Å². The molecule has 2 rings (SSSR count). The molecule has 1 heterocycles. The van der Waals surface area contributed by atoms with Crippen molar-refractivity contribution in [2.45, 2.75) is 39.0 Å². The number of hydrogen-bond acceptors (Lipinski definition) is 2. The Bertz CT molecular complexity index is 536. The predicted octanol–water partition coefficient (Wildman–Crippen LogP) is 2.79. The zero-order chi connectivity index (χ0) is 16.8. The average molecular weight is 320 g/mol. The van der Waals surface area contributed by atoms with Gasteiger partial charge in [0.05, 0.1) is 0 Å². The molecule has 1 aromatic rings. The number of nitrogens with zero attached hydrogens (tertiary/aromatic N) is 2. The zero-order valence-electron chi connectivity index (χ0n) is 13.9. The maximum absolute atomic E-state index is 13.1. The van der Waals surface area contributed by atoms with Crippen LogP contribution in [0, 0.1) is 5.82 Å². The fourth-order valence-corrected chi connectivity index (χ4v) is 3.08. The van der Waals surface area contributed by atoms with Gasteiger partial charge in [0.1, 0.15) is 5.82 Å². The van der Waals surface area contributed by atoms with E-state index in [0.717, 1.165) is 18.4 Å². The van der Waals surface area contributed by atoms with E-state index in [1.54, 1.807) is 24.0 Å². The van der Waals surface area contributed by atoms with Crippen molar-refractivity contribution in [1.29, 1.82) is 0 Å². The lowest BCUT2D eigenvalue weighted by atomic mass is 9.91. The molecule has 126 valence electrons. The van der Waals surface area contributed by atoms with E-state index in [9.17, 15) is 14.0 Å². The van der Waals surface area contributed by atoms with Gasteiger partial charge in [-0.25, -0.2) is 4.39 Å². The second-order valence-electron chi connectivity index (χ2n) is 6.13. The van der Waals surface area contributed by atoms with Crippen LogP contribution in [0.25, 0.3) is 0 Å². The summed E-state index contributed by atoms with van der Waals surface area (Å²) in [7, 11) is 0. The van der Waals surface area contributed by atoms with Crippen LogP contribution in [0.1, 0.15) is 44.6 Å². The smallest absolute Gasteiger partial charge is 0.223 e. The molecule has 2 amide bonds. The Morgan fingerprint density at radius 1 is 1.09 bits per heavy atom. The number of amides is 2. The van der Waals surface area contributed by atoms with Crippen LogP contribution < -0.4 is 0 Å². The van der Waals surface area contributed by atoms with Gasteiger partial charge >= 0.3 is 0 Å². The topological polar surface area (TPSA) is 40.6 Å². The number of carbonyl (C=O) groups excluding carboxylic acids is 2. The van der Waals surface area contributed by atoms with Crippen LogP contribution in [0.4, 0.5) is 4.39 Å². The van der Waals surface area contributed by atoms with Gasteiger partial charge in [-0.05, 0) is 30.0 Å². The van der Waals surface area contributed by atoms with E-state index in [2.05, 4.69) is 6.92 Å². The highest BCUT2D eigenvalue weighted by atomic mass is 19.1. The Hall–Kier alpha value is -1.91. The molecule has 0 spiro atoms. The van der Waals surface area contributed by atoms with Crippen molar-refractivity contribution in [3.63, 3.8) is 0 Å². The van der Waals surface area contributed by atoms with Crippen molar-refractivity contribution < 1.29 is 14.0 Å². The lowest BCUT2D eigenvalue weighted by molar-refractivity contribution is -0.138. The number of piperazine rings is 1. The second-order valence-corrected chi connectivity index (χ2v) is 6.13. The Morgan fingerprint density at radius 2 is 1.65 bits per heavy atom. The highest BCUT2D eigenvalue weighted by Gasteiger charge is 2.24. The SMILES string of the molecule is CCCC(CC(=O)N1CCN(C(C)=O)CC1)c1ccc(F)cc1. The maximum Gasteiger partial charge on any atom is 0.223 e. The molecular weight excluding hydrogens is 295 g/mol. The highest BCUT2D eigenvalue weighted by Crippen LogP contribution is 2.26. The molecule has 1 aliphatic rings. The van der Waals surface area contributed by atoms with Gasteiger partial charge in [0.2, 0.25) is 11.8 Å². The van der Waals surface area contributed by atoms with Crippen molar-refractivity contribution in [1.82, 2.24) is 9.80 Å². The molecule has 0 radical (unpaired) electrons. The number of rotatable bonds is 5. The molecule has 1 unspecified atom stereocenters. The summed E-state index contributed by atoms with van der Waals surface area (Å²) < 4.78 is 13.1. The minimum absolute atomic E-state index is 0.0623. The molecule has 0 aliphatic carbocycles. The van der Waals surface area contributed by atoms with Gasteiger partial charge < -0.3 is 9.80 Å². The Labute approximate surface area is 137 Å². The summed E-state index contributed by atoms with van der Waals surface area (Å²) in [5, 5.41) is 0. The monoisotopic (exact) mass is 320 g/mol. The molecule has 0 N–H and O–H groups in total. The third-order valence-electron chi connectivity index (χ3n) is 4.48. The van der Waals surface area contributed by atoms with E-state index < -0.39 is 0 Å². The first-order chi connectivity index (χ1) is 11.0. The molecule has 0 aromatic heterocycles. The Kier molecular flexibility index (Phi) is 6.13. The highest BCUT2D eigenvalue weighted by molar-refractivity contribution is 5.78. The summed E-state index contributed by atoms with van der Waals surface area (Å²) in [6.07, 6.45) is 2.33. The molecule has 0 saturated carbocycles. The molecule has 23 heavy (non-hydrogen) atoms. The van der Waals surface area contributed by atoms with Gasteiger partial charge in [-0.15, -0.1) is 0 Å². The Balaban J connectivity index is 1.96. The zero-order valence-corrected chi connectivity index (χ0v) is 13.9. The summed E-state index contributed by atoms with van der Waals surface area (Å²) in [5.74, 6) is 0.0536. The summed E-state index contributed by atoms with van der Waals surface area (Å²) >= 11 is 0. The van der Waals surface area contributed by atoms with Crippen LogP contribution in [-0.2, 0) is 9.59 Å². The van der Waals surface area contributed by atoms with Crippen molar-refractivity contribution >= 4 is 11.8 Å². The molecule has 1 saturated heterocycles. The molecule has 1 aliphatic heterocycles. The van der Waals surface area contributed by atoms with Gasteiger partial charge in [0.25, 0.3) is 0 Å². The molecule has 5 heteroatoms. The molecule has 4 nitrogen and oxygen atoms in total. The van der Waals surface area contributed by atoms with Gasteiger partial charge in [-0.3, -0.25) is 9.59 Å². The van der Waals surface area contributed by atoms with Crippen LogP contribution in [-0.4, -0.2) is 47.8 Å². The number of halogens is 1.